The van der Waals surface area contributed by atoms with Gasteiger partial charge in [-0.15, -0.1) is 24.0 Å². The summed E-state index contributed by atoms with van der Waals surface area (Å²) < 4.78 is 41.8. The Morgan fingerprint density at radius 1 is 1.36 bits per heavy atom. The van der Waals surface area contributed by atoms with Crippen LogP contribution >= 0.6 is 24.0 Å². The van der Waals surface area contributed by atoms with Crippen molar-refractivity contribution in [2.75, 3.05) is 26.7 Å². The van der Waals surface area contributed by atoms with Crippen molar-refractivity contribution in [3.05, 3.63) is 29.3 Å². The highest BCUT2D eigenvalue weighted by atomic mass is 127. The van der Waals surface area contributed by atoms with Gasteiger partial charge in [-0.05, 0) is 18.6 Å². The molecule has 1 aliphatic rings. The molecule has 0 bridgehead atoms. The van der Waals surface area contributed by atoms with E-state index in [1.165, 1.54) is 0 Å². The molecule has 0 radical (unpaired) electrons. The van der Waals surface area contributed by atoms with E-state index in [2.05, 4.69) is 10.3 Å². The van der Waals surface area contributed by atoms with Gasteiger partial charge in [-0.25, -0.2) is 0 Å². The molecule has 1 heterocycles. The van der Waals surface area contributed by atoms with Gasteiger partial charge in [0.2, 0.25) is 0 Å². The third kappa shape index (κ3) is 5.54. The van der Waals surface area contributed by atoms with Gasteiger partial charge in [0, 0.05) is 25.7 Å². The second kappa shape index (κ2) is 7.89. The van der Waals surface area contributed by atoms with Crippen LogP contribution in [-0.2, 0) is 6.54 Å². The summed E-state index contributed by atoms with van der Waals surface area (Å²) in [5.74, 6) is 0.999. The number of rotatable bonds is 4. The molecule has 1 aromatic carbocycles. The molecule has 0 aliphatic carbocycles. The highest BCUT2D eigenvalue weighted by molar-refractivity contribution is 14.0. The third-order valence-electron chi connectivity index (χ3n) is 3.11. The highest BCUT2D eigenvalue weighted by Gasteiger charge is 2.28. The second-order valence-electron chi connectivity index (χ2n) is 5.00. The van der Waals surface area contributed by atoms with E-state index in [-0.39, 0.29) is 29.7 Å². The van der Waals surface area contributed by atoms with Gasteiger partial charge >= 0.3 is 6.18 Å². The summed E-state index contributed by atoms with van der Waals surface area (Å²) in [4.78, 5) is 6.24. The van der Waals surface area contributed by atoms with Gasteiger partial charge in [-0.1, -0.05) is 12.1 Å². The Hall–Kier alpha value is -1.19. The zero-order chi connectivity index (χ0) is 15.5. The largest absolute Gasteiger partial charge is 0.484 e. The van der Waals surface area contributed by atoms with Gasteiger partial charge in [0.1, 0.15) is 5.75 Å². The van der Waals surface area contributed by atoms with Crippen LogP contribution < -0.4 is 10.1 Å². The monoisotopic (exact) mass is 429 g/mol. The van der Waals surface area contributed by atoms with Crippen LogP contribution in [0.3, 0.4) is 0 Å². The van der Waals surface area contributed by atoms with Crippen LogP contribution in [0, 0.1) is 6.92 Å². The van der Waals surface area contributed by atoms with E-state index in [4.69, 9.17) is 4.74 Å². The molecule has 8 heteroatoms. The van der Waals surface area contributed by atoms with Gasteiger partial charge in [0.05, 0.1) is 6.54 Å². The maximum absolute atomic E-state index is 12.3. The van der Waals surface area contributed by atoms with Crippen LogP contribution in [0.15, 0.2) is 23.2 Å². The summed E-state index contributed by atoms with van der Waals surface area (Å²) in [6.07, 6.45) is -4.34. The standard InChI is InChI=1S/C14H18F3N3O.HI/c1-10-3-4-11(8-19-13-18-5-6-20(13)2)12(7-10)21-9-14(15,16)17;/h3-4,7H,5-6,8-9H2,1-2H3,(H,18,19);1H. The molecule has 0 spiro atoms. The first-order valence-electron chi connectivity index (χ1n) is 6.64. The summed E-state index contributed by atoms with van der Waals surface area (Å²) in [5.41, 5.74) is 1.53. The van der Waals surface area contributed by atoms with Gasteiger partial charge in [-0.3, -0.25) is 4.99 Å². The molecule has 22 heavy (non-hydrogen) atoms. The van der Waals surface area contributed by atoms with Crippen molar-refractivity contribution in [2.45, 2.75) is 19.6 Å². The smallest absolute Gasteiger partial charge is 0.422 e. The number of guanidine groups is 1. The number of aliphatic imine (C=N–C) groups is 1. The average molecular weight is 429 g/mol. The lowest BCUT2D eigenvalue weighted by atomic mass is 10.1. The fourth-order valence-electron chi connectivity index (χ4n) is 2.00. The van der Waals surface area contributed by atoms with E-state index in [0.717, 1.165) is 24.6 Å². The number of likely N-dealkylation sites (N-methyl/N-ethyl adjacent to an activating group) is 1. The third-order valence-corrected chi connectivity index (χ3v) is 3.11. The number of benzene rings is 1. The molecule has 1 N–H and O–H groups in total. The molecule has 0 amide bonds. The Bertz CT molecular complexity index is 535. The Morgan fingerprint density at radius 2 is 2.09 bits per heavy atom. The summed E-state index contributed by atoms with van der Waals surface area (Å²) in [5, 5.41) is 3.12. The Balaban J connectivity index is 0.00000242. The zero-order valence-corrected chi connectivity index (χ0v) is 14.7. The minimum atomic E-state index is -4.34. The molecule has 1 aromatic rings. The molecule has 0 saturated heterocycles. The number of hydrogen-bond acceptors (Lipinski definition) is 4. The Labute approximate surface area is 144 Å². The molecule has 1 aliphatic heterocycles. The molecule has 0 saturated carbocycles. The SMILES string of the molecule is Cc1ccc(CNC2=NCCN2C)c(OCC(F)(F)F)c1.I. The molecule has 0 atom stereocenters. The normalized spacial score (nSPS) is 14.4. The van der Waals surface area contributed by atoms with Crippen molar-refractivity contribution in [3.8, 4) is 5.75 Å². The molecule has 0 fully saturated rings. The predicted octanol–water partition coefficient (Wildman–Crippen LogP) is 2.95. The molecular formula is C14H19F3IN3O. The fourth-order valence-corrected chi connectivity index (χ4v) is 2.00. The number of halogens is 4. The molecule has 4 nitrogen and oxygen atoms in total. The number of ether oxygens (including phenoxy) is 1. The van der Waals surface area contributed by atoms with Crippen molar-refractivity contribution in [3.63, 3.8) is 0 Å². The van der Waals surface area contributed by atoms with Gasteiger partial charge in [0.25, 0.3) is 0 Å². The number of nitrogens with one attached hydrogen (secondary N) is 1. The van der Waals surface area contributed by atoms with E-state index in [9.17, 15) is 13.2 Å². The van der Waals surface area contributed by atoms with E-state index in [0.29, 0.717) is 12.1 Å². The lowest BCUT2D eigenvalue weighted by Gasteiger charge is -2.17. The highest BCUT2D eigenvalue weighted by Crippen LogP contribution is 2.23. The van der Waals surface area contributed by atoms with E-state index < -0.39 is 12.8 Å². The number of aryl methyl sites for hydroxylation is 1. The van der Waals surface area contributed by atoms with Crippen molar-refractivity contribution in [1.29, 1.82) is 0 Å². The van der Waals surface area contributed by atoms with Crippen LogP contribution in [0.25, 0.3) is 0 Å². The summed E-state index contributed by atoms with van der Waals surface area (Å²) in [6.45, 7) is 2.46. The maximum atomic E-state index is 12.3. The first-order valence-corrected chi connectivity index (χ1v) is 6.64. The van der Waals surface area contributed by atoms with Crippen LogP contribution in [-0.4, -0.2) is 43.8 Å². The number of alkyl halides is 3. The topological polar surface area (TPSA) is 36.9 Å². The number of hydrogen-bond donors (Lipinski definition) is 1. The average Bonchev–Trinajstić information content (AvgIpc) is 2.80. The molecule has 0 unspecified atom stereocenters. The minimum absolute atomic E-state index is 0. The van der Waals surface area contributed by atoms with Crippen molar-refractivity contribution >= 4 is 29.9 Å². The van der Waals surface area contributed by atoms with Crippen molar-refractivity contribution in [1.82, 2.24) is 10.2 Å². The van der Waals surface area contributed by atoms with E-state index in [1.807, 2.05) is 24.9 Å². The summed E-state index contributed by atoms with van der Waals surface area (Å²) in [6, 6.07) is 5.23. The zero-order valence-electron chi connectivity index (χ0n) is 12.4. The van der Waals surface area contributed by atoms with Crippen LogP contribution in [0.2, 0.25) is 0 Å². The van der Waals surface area contributed by atoms with Crippen molar-refractivity contribution in [2.24, 2.45) is 4.99 Å². The summed E-state index contributed by atoms with van der Waals surface area (Å²) >= 11 is 0. The van der Waals surface area contributed by atoms with Crippen LogP contribution in [0.5, 0.6) is 5.75 Å². The number of nitrogens with zero attached hydrogens (tertiary/aromatic N) is 2. The minimum Gasteiger partial charge on any atom is -0.484 e. The first kappa shape index (κ1) is 18.9. The van der Waals surface area contributed by atoms with Gasteiger partial charge in [-0.2, -0.15) is 13.2 Å². The lowest BCUT2D eigenvalue weighted by molar-refractivity contribution is -0.153. The molecular weight excluding hydrogens is 410 g/mol. The van der Waals surface area contributed by atoms with Gasteiger partial charge < -0.3 is 15.0 Å². The second-order valence-corrected chi connectivity index (χ2v) is 5.00. The first-order chi connectivity index (χ1) is 9.85. The lowest BCUT2D eigenvalue weighted by Crippen LogP contribution is -2.35. The Morgan fingerprint density at radius 3 is 2.68 bits per heavy atom. The Kier molecular flexibility index (Phi) is 6.76. The maximum Gasteiger partial charge on any atom is 0.422 e. The fraction of sp³-hybridized carbons (Fsp3) is 0.500. The molecule has 2 rings (SSSR count). The predicted molar refractivity (Wildman–Crippen MR) is 89.9 cm³/mol. The van der Waals surface area contributed by atoms with Crippen LogP contribution in [0.4, 0.5) is 13.2 Å². The van der Waals surface area contributed by atoms with Gasteiger partial charge in [0.15, 0.2) is 12.6 Å². The van der Waals surface area contributed by atoms with Crippen molar-refractivity contribution < 1.29 is 17.9 Å². The van der Waals surface area contributed by atoms with E-state index in [1.54, 1.807) is 12.1 Å². The summed E-state index contributed by atoms with van der Waals surface area (Å²) in [7, 11) is 1.91. The van der Waals surface area contributed by atoms with Crippen LogP contribution in [0.1, 0.15) is 11.1 Å². The van der Waals surface area contributed by atoms with E-state index >= 15 is 0 Å². The quantitative estimate of drug-likeness (QED) is 0.749. The molecule has 0 aromatic heterocycles. The molecule has 124 valence electrons.